The number of nitrogens with one attached hydrogen (secondary N) is 1. The maximum atomic E-state index is 11.9. The topological polar surface area (TPSA) is 108 Å². The van der Waals surface area contributed by atoms with E-state index in [2.05, 4.69) is 10.1 Å². The van der Waals surface area contributed by atoms with Crippen molar-refractivity contribution in [3.63, 3.8) is 0 Å². The monoisotopic (exact) mass is 321 g/mol. The van der Waals surface area contributed by atoms with Gasteiger partial charge >= 0.3 is 11.9 Å². The van der Waals surface area contributed by atoms with Crippen molar-refractivity contribution in [3.05, 3.63) is 47.8 Å². The normalized spacial score (nSPS) is 11.6. The minimum Gasteiger partial charge on any atom is -0.465 e. The van der Waals surface area contributed by atoms with Crippen molar-refractivity contribution >= 4 is 17.8 Å². The molecule has 0 bridgehead atoms. The first-order valence-corrected chi connectivity index (χ1v) is 6.68. The first-order chi connectivity index (χ1) is 11.0. The van der Waals surface area contributed by atoms with Crippen LogP contribution >= 0.6 is 0 Å². The molecule has 1 amide bonds. The average Bonchev–Trinajstić information content (AvgIpc) is 3.22. The molecule has 0 spiro atoms. The fourth-order valence-corrected chi connectivity index (χ4v) is 1.74. The van der Waals surface area contributed by atoms with Crippen molar-refractivity contribution < 1.29 is 32.7 Å². The van der Waals surface area contributed by atoms with Crippen LogP contribution in [-0.4, -0.2) is 31.0 Å². The summed E-state index contributed by atoms with van der Waals surface area (Å²) in [5.41, 5.74) is 0.174. The van der Waals surface area contributed by atoms with Gasteiger partial charge in [0.2, 0.25) is 0 Å². The van der Waals surface area contributed by atoms with Crippen LogP contribution < -0.4 is 5.32 Å². The quantitative estimate of drug-likeness (QED) is 0.803. The van der Waals surface area contributed by atoms with Gasteiger partial charge in [0.05, 0.1) is 19.6 Å². The van der Waals surface area contributed by atoms with Crippen molar-refractivity contribution in [1.82, 2.24) is 5.32 Å². The lowest BCUT2D eigenvalue weighted by Crippen LogP contribution is -2.39. The zero-order valence-corrected chi connectivity index (χ0v) is 12.5. The van der Waals surface area contributed by atoms with Gasteiger partial charge in [0.1, 0.15) is 18.2 Å². The molecule has 2 aromatic rings. The minimum absolute atomic E-state index is 0.0867. The molecule has 1 N–H and O–H groups in total. The minimum atomic E-state index is -0.899. The third kappa shape index (κ3) is 4.00. The molecular weight excluding hydrogens is 306 g/mol. The maximum absolute atomic E-state index is 11.9. The first kappa shape index (κ1) is 16.3. The molecule has 2 rings (SSSR count). The second kappa shape index (κ2) is 7.30. The van der Waals surface area contributed by atoms with Gasteiger partial charge in [-0.1, -0.05) is 0 Å². The Morgan fingerprint density at radius 2 is 2.00 bits per heavy atom. The fourth-order valence-electron chi connectivity index (χ4n) is 1.74. The van der Waals surface area contributed by atoms with Crippen LogP contribution in [0.25, 0.3) is 0 Å². The average molecular weight is 321 g/mol. The predicted molar refractivity (Wildman–Crippen MR) is 75.5 cm³/mol. The molecule has 23 heavy (non-hydrogen) atoms. The zero-order valence-electron chi connectivity index (χ0n) is 12.5. The van der Waals surface area contributed by atoms with Crippen molar-refractivity contribution in [1.29, 1.82) is 0 Å². The summed E-state index contributed by atoms with van der Waals surface area (Å²) in [5, 5.41) is 2.43. The zero-order chi connectivity index (χ0) is 16.8. The van der Waals surface area contributed by atoms with Crippen molar-refractivity contribution in [2.24, 2.45) is 0 Å². The van der Waals surface area contributed by atoms with Crippen molar-refractivity contribution in [2.75, 3.05) is 7.11 Å². The summed E-state index contributed by atoms with van der Waals surface area (Å²) >= 11 is 0. The second-order valence-corrected chi connectivity index (χ2v) is 4.53. The Labute approximate surface area is 131 Å². The van der Waals surface area contributed by atoms with E-state index in [1.165, 1.54) is 38.7 Å². The molecule has 1 atom stereocenters. The highest BCUT2D eigenvalue weighted by molar-refractivity contribution is 5.94. The largest absolute Gasteiger partial charge is 0.465 e. The van der Waals surface area contributed by atoms with Crippen LogP contribution in [0.2, 0.25) is 0 Å². The number of carbonyl (C=O) groups is 3. The van der Waals surface area contributed by atoms with E-state index in [4.69, 9.17) is 13.6 Å². The van der Waals surface area contributed by atoms with Gasteiger partial charge in [-0.2, -0.15) is 0 Å². The van der Waals surface area contributed by atoms with E-state index in [-0.39, 0.29) is 23.7 Å². The van der Waals surface area contributed by atoms with E-state index >= 15 is 0 Å². The second-order valence-electron chi connectivity index (χ2n) is 4.53. The molecule has 2 aromatic heterocycles. The molecule has 122 valence electrons. The Morgan fingerprint density at radius 1 is 1.22 bits per heavy atom. The van der Waals surface area contributed by atoms with Gasteiger partial charge in [-0.25, -0.2) is 9.59 Å². The smallest absolute Gasteiger partial charge is 0.341 e. The molecule has 2 heterocycles. The number of methoxy groups -OCH3 is 1. The van der Waals surface area contributed by atoms with E-state index in [1.807, 2.05) is 0 Å². The number of rotatable bonds is 6. The van der Waals surface area contributed by atoms with Gasteiger partial charge in [-0.15, -0.1) is 0 Å². The van der Waals surface area contributed by atoms with E-state index < -0.39 is 23.9 Å². The Hall–Kier alpha value is -3.03. The van der Waals surface area contributed by atoms with Gasteiger partial charge in [-0.05, 0) is 25.1 Å². The molecule has 0 aliphatic rings. The summed E-state index contributed by atoms with van der Waals surface area (Å²) in [5.74, 6) is -1.56. The lowest BCUT2D eigenvalue weighted by atomic mass is 10.2. The summed E-state index contributed by atoms with van der Waals surface area (Å²) in [6, 6.07) is 3.54. The molecule has 8 nitrogen and oxygen atoms in total. The number of ether oxygens (including phenoxy) is 2. The van der Waals surface area contributed by atoms with Crippen LogP contribution in [0, 0.1) is 0 Å². The SMILES string of the molecule is COC(=O)c1ccoc1COC(=O)[C@@H](C)NC(=O)c1ccco1. The number of hydrogen-bond acceptors (Lipinski definition) is 7. The molecule has 0 saturated heterocycles. The summed E-state index contributed by atoms with van der Waals surface area (Å²) in [4.78, 5) is 35.1. The number of carbonyl (C=O) groups excluding carboxylic acids is 3. The maximum Gasteiger partial charge on any atom is 0.341 e. The highest BCUT2D eigenvalue weighted by atomic mass is 16.5. The van der Waals surface area contributed by atoms with Crippen molar-refractivity contribution in [3.8, 4) is 0 Å². The van der Waals surface area contributed by atoms with Gasteiger partial charge in [0.25, 0.3) is 5.91 Å². The molecule has 0 aliphatic heterocycles. The highest BCUT2D eigenvalue weighted by Crippen LogP contribution is 2.13. The van der Waals surface area contributed by atoms with Gasteiger partial charge in [0, 0.05) is 0 Å². The van der Waals surface area contributed by atoms with Crippen LogP contribution in [0.4, 0.5) is 0 Å². The predicted octanol–water partition coefficient (Wildman–Crippen LogP) is 1.52. The Bertz CT molecular complexity index is 687. The highest BCUT2D eigenvalue weighted by Gasteiger charge is 2.21. The molecule has 0 saturated carbocycles. The number of furan rings is 2. The lowest BCUT2D eigenvalue weighted by Gasteiger charge is -2.12. The molecule has 8 heteroatoms. The van der Waals surface area contributed by atoms with E-state index in [0.717, 1.165) is 0 Å². The Morgan fingerprint density at radius 3 is 2.65 bits per heavy atom. The van der Waals surface area contributed by atoms with Crippen LogP contribution in [0.5, 0.6) is 0 Å². The number of esters is 2. The van der Waals surface area contributed by atoms with Crippen LogP contribution in [-0.2, 0) is 20.9 Å². The summed E-state index contributed by atoms with van der Waals surface area (Å²) < 4.78 is 19.6. The van der Waals surface area contributed by atoms with Gasteiger partial charge < -0.3 is 23.6 Å². The molecule has 0 aliphatic carbocycles. The Balaban J connectivity index is 1.88. The molecule has 0 fully saturated rings. The lowest BCUT2D eigenvalue weighted by molar-refractivity contribution is -0.147. The van der Waals surface area contributed by atoms with E-state index in [1.54, 1.807) is 6.07 Å². The summed E-state index contributed by atoms with van der Waals surface area (Å²) in [6.07, 6.45) is 2.64. The number of hydrogen-bond donors (Lipinski definition) is 1. The van der Waals surface area contributed by atoms with Gasteiger partial charge in [-0.3, -0.25) is 4.79 Å². The number of amides is 1. The standard InChI is InChI=1S/C15H15NO7/c1-9(16-13(17)11-4-3-6-21-11)14(18)23-8-12-10(5-7-22-12)15(19)20-2/h3-7,9H,8H2,1-2H3,(H,16,17)/t9-/m1/s1. The van der Waals surface area contributed by atoms with Crippen molar-refractivity contribution in [2.45, 2.75) is 19.6 Å². The van der Waals surface area contributed by atoms with E-state index in [9.17, 15) is 14.4 Å². The molecule has 0 aromatic carbocycles. The Kier molecular flexibility index (Phi) is 5.19. The third-order valence-corrected chi connectivity index (χ3v) is 2.94. The first-order valence-electron chi connectivity index (χ1n) is 6.68. The summed E-state index contributed by atoms with van der Waals surface area (Å²) in [7, 11) is 1.23. The van der Waals surface area contributed by atoms with Crippen LogP contribution in [0.1, 0.15) is 33.6 Å². The molecule has 0 unspecified atom stereocenters. The van der Waals surface area contributed by atoms with Crippen LogP contribution in [0.15, 0.2) is 39.6 Å². The molecule has 0 radical (unpaired) electrons. The third-order valence-electron chi connectivity index (χ3n) is 2.94. The van der Waals surface area contributed by atoms with Gasteiger partial charge in [0.15, 0.2) is 11.5 Å². The van der Waals surface area contributed by atoms with Crippen LogP contribution in [0.3, 0.4) is 0 Å². The fraction of sp³-hybridized carbons (Fsp3) is 0.267. The van der Waals surface area contributed by atoms with E-state index in [0.29, 0.717) is 0 Å². The molecular formula is C15H15NO7. The summed E-state index contributed by atoms with van der Waals surface area (Å²) in [6.45, 7) is 1.21.